The van der Waals surface area contributed by atoms with Gasteiger partial charge in [-0.05, 0) is 39.8 Å². The quantitative estimate of drug-likeness (QED) is 0.646. The Morgan fingerprint density at radius 2 is 1.52 bits per heavy atom. The van der Waals surface area contributed by atoms with E-state index in [2.05, 4.69) is 9.97 Å². The van der Waals surface area contributed by atoms with Gasteiger partial charge in [-0.2, -0.15) is 0 Å². The lowest BCUT2D eigenvalue weighted by molar-refractivity contribution is 0.00578. The first-order valence-electron chi connectivity index (χ1n) is 7.53. The van der Waals surface area contributed by atoms with Gasteiger partial charge in [-0.1, -0.05) is 12.1 Å². The number of rotatable bonds is 2. The molecule has 0 amide bonds. The zero-order valence-electron chi connectivity index (χ0n) is 13.8. The number of hydrogen-bond donors (Lipinski definition) is 2. The smallest absolute Gasteiger partial charge is 0.399 e. The standard InChI is InChI=1S/C16H21BN4O2/c1-15(2)16(3,4)23-17(22-15)12-9-20-14(19)13(21-12)10-5-7-11(18)8-6-10/h5-9H,18H2,1-4H3,(H2,19,20). The van der Waals surface area contributed by atoms with Crippen molar-refractivity contribution in [2.24, 2.45) is 0 Å². The minimum Gasteiger partial charge on any atom is -0.399 e. The van der Waals surface area contributed by atoms with Crippen molar-refractivity contribution in [3.8, 4) is 11.3 Å². The topological polar surface area (TPSA) is 96.3 Å². The fourth-order valence-corrected chi connectivity index (χ4v) is 2.34. The summed E-state index contributed by atoms with van der Waals surface area (Å²) in [4.78, 5) is 8.85. The summed E-state index contributed by atoms with van der Waals surface area (Å²) in [6.07, 6.45) is 1.60. The van der Waals surface area contributed by atoms with Gasteiger partial charge < -0.3 is 20.8 Å². The van der Waals surface area contributed by atoms with Crippen molar-refractivity contribution in [2.75, 3.05) is 11.5 Å². The van der Waals surface area contributed by atoms with Crippen molar-refractivity contribution in [3.05, 3.63) is 30.5 Å². The molecule has 4 N–H and O–H groups in total. The van der Waals surface area contributed by atoms with Crippen molar-refractivity contribution in [1.82, 2.24) is 9.97 Å². The first-order chi connectivity index (χ1) is 10.7. The molecule has 3 rings (SSSR count). The summed E-state index contributed by atoms with van der Waals surface area (Å²) in [5, 5.41) is 0. The molecule has 0 radical (unpaired) electrons. The second kappa shape index (κ2) is 5.21. The van der Waals surface area contributed by atoms with E-state index in [1.165, 1.54) is 0 Å². The number of nitrogen functional groups attached to an aromatic ring is 2. The summed E-state index contributed by atoms with van der Waals surface area (Å²) in [5.41, 5.74) is 13.6. The third-order valence-electron chi connectivity index (χ3n) is 4.50. The maximum Gasteiger partial charge on any atom is 0.516 e. The van der Waals surface area contributed by atoms with Gasteiger partial charge >= 0.3 is 7.12 Å². The van der Waals surface area contributed by atoms with Crippen LogP contribution in [0, 0.1) is 0 Å². The second-order valence-corrected chi connectivity index (χ2v) is 6.74. The number of aromatic nitrogens is 2. The molecule has 2 heterocycles. The van der Waals surface area contributed by atoms with Crippen molar-refractivity contribution >= 4 is 24.2 Å². The highest BCUT2D eigenvalue weighted by Crippen LogP contribution is 2.36. The predicted molar refractivity (Wildman–Crippen MR) is 92.0 cm³/mol. The molecule has 2 aromatic rings. The van der Waals surface area contributed by atoms with Crippen LogP contribution in [0.3, 0.4) is 0 Å². The number of anilines is 2. The average Bonchev–Trinajstić information content (AvgIpc) is 2.69. The zero-order chi connectivity index (χ0) is 16.8. The van der Waals surface area contributed by atoms with Gasteiger partial charge in [-0.3, -0.25) is 4.98 Å². The average molecular weight is 312 g/mol. The maximum absolute atomic E-state index is 6.01. The fraction of sp³-hybridized carbons (Fsp3) is 0.375. The minimum atomic E-state index is -0.569. The van der Waals surface area contributed by atoms with E-state index in [-0.39, 0.29) is 0 Å². The maximum atomic E-state index is 6.01. The lowest BCUT2D eigenvalue weighted by Gasteiger charge is -2.32. The lowest BCUT2D eigenvalue weighted by atomic mass is 9.85. The number of benzene rings is 1. The summed E-state index contributed by atoms with van der Waals surface area (Å²) in [6.45, 7) is 7.99. The highest BCUT2D eigenvalue weighted by atomic mass is 16.7. The van der Waals surface area contributed by atoms with Gasteiger partial charge in [0.05, 0.1) is 16.8 Å². The number of hydrogen-bond acceptors (Lipinski definition) is 6. The summed E-state index contributed by atoms with van der Waals surface area (Å²) in [5.74, 6) is 0.357. The van der Waals surface area contributed by atoms with Crippen LogP contribution >= 0.6 is 0 Å². The highest BCUT2D eigenvalue weighted by Gasteiger charge is 2.52. The summed E-state index contributed by atoms with van der Waals surface area (Å²) in [6, 6.07) is 7.34. The van der Waals surface area contributed by atoms with Crippen LogP contribution in [0.5, 0.6) is 0 Å². The van der Waals surface area contributed by atoms with E-state index in [0.29, 0.717) is 22.8 Å². The Kier molecular flexibility index (Phi) is 3.57. The van der Waals surface area contributed by atoms with E-state index in [1.807, 2.05) is 39.8 Å². The van der Waals surface area contributed by atoms with Crippen LogP contribution in [0.15, 0.2) is 30.5 Å². The van der Waals surface area contributed by atoms with Crippen LogP contribution in [0.25, 0.3) is 11.3 Å². The van der Waals surface area contributed by atoms with Gasteiger partial charge in [0.2, 0.25) is 0 Å². The largest absolute Gasteiger partial charge is 0.516 e. The monoisotopic (exact) mass is 312 g/mol. The van der Waals surface area contributed by atoms with E-state index in [9.17, 15) is 0 Å². The molecule has 1 saturated heterocycles. The molecular formula is C16H21BN4O2. The van der Waals surface area contributed by atoms with Crippen LogP contribution in [-0.4, -0.2) is 28.3 Å². The van der Waals surface area contributed by atoms with E-state index < -0.39 is 18.3 Å². The Hall–Kier alpha value is -2.12. The molecule has 0 aliphatic carbocycles. The Balaban J connectivity index is 1.97. The molecule has 7 heteroatoms. The molecule has 0 unspecified atom stereocenters. The molecule has 1 aliphatic rings. The van der Waals surface area contributed by atoms with Gasteiger partial charge in [0.15, 0.2) is 0 Å². The normalized spacial score (nSPS) is 19.0. The SMILES string of the molecule is CC1(C)OB(c2cnc(N)c(-c3ccc(N)cc3)n2)OC1(C)C. The lowest BCUT2D eigenvalue weighted by Crippen LogP contribution is -2.41. The third-order valence-corrected chi connectivity index (χ3v) is 4.50. The molecule has 0 saturated carbocycles. The van der Waals surface area contributed by atoms with Gasteiger partial charge in [0, 0.05) is 17.4 Å². The molecular weight excluding hydrogens is 291 g/mol. The molecule has 0 bridgehead atoms. The van der Waals surface area contributed by atoms with Gasteiger partial charge in [-0.25, -0.2) is 4.98 Å². The Labute approximate surface area is 136 Å². The molecule has 1 aromatic carbocycles. The van der Waals surface area contributed by atoms with Crippen molar-refractivity contribution < 1.29 is 9.31 Å². The summed E-state index contributed by atoms with van der Waals surface area (Å²) < 4.78 is 12.0. The predicted octanol–water partition coefficient (Wildman–Crippen LogP) is 1.61. The Morgan fingerprint density at radius 3 is 2.09 bits per heavy atom. The van der Waals surface area contributed by atoms with Crippen LogP contribution in [0.1, 0.15) is 27.7 Å². The van der Waals surface area contributed by atoms with Crippen molar-refractivity contribution in [3.63, 3.8) is 0 Å². The Morgan fingerprint density at radius 1 is 0.957 bits per heavy atom. The van der Waals surface area contributed by atoms with Crippen LogP contribution in [0.2, 0.25) is 0 Å². The minimum absolute atomic E-state index is 0.357. The second-order valence-electron chi connectivity index (χ2n) is 6.74. The van der Waals surface area contributed by atoms with Crippen LogP contribution in [-0.2, 0) is 9.31 Å². The first kappa shape index (κ1) is 15.8. The molecule has 1 aromatic heterocycles. The highest BCUT2D eigenvalue weighted by molar-refractivity contribution is 6.61. The molecule has 0 atom stereocenters. The molecule has 1 fully saturated rings. The fourth-order valence-electron chi connectivity index (χ4n) is 2.34. The molecule has 1 aliphatic heterocycles. The first-order valence-corrected chi connectivity index (χ1v) is 7.53. The van der Waals surface area contributed by atoms with Gasteiger partial charge in [-0.15, -0.1) is 0 Å². The van der Waals surface area contributed by atoms with Gasteiger partial charge in [0.1, 0.15) is 11.5 Å². The summed E-state index contributed by atoms with van der Waals surface area (Å²) in [7, 11) is -0.569. The van der Waals surface area contributed by atoms with E-state index in [0.717, 1.165) is 5.56 Å². The third kappa shape index (κ3) is 2.77. The van der Waals surface area contributed by atoms with Gasteiger partial charge in [0.25, 0.3) is 0 Å². The zero-order valence-corrected chi connectivity index (χ0v) is 13.8. The molecule has 120 valence electrons. The van der Waals surface area contributed by atoms with E-state index >= 15 is 0 Å². The van der Waals surface area contributed by atoms with Crippen LogP contribution < -0.4 is 17.1 Å². The van der Waals surface area contributed by atoms with Crippen molar-refractivity contribution in [2.45, 2.75) is 38.9 Å². The number of nitrogens with zero attached hydrogens (tertiary/aromatic N) is 2. The van der Waals surface area contributed by atoms with Crippen LogP contribution in [0.4, 0.5) is 11.5 Å². The molecule has 23 heavy (non-hydrogen) atoms. The molecule has 6 nitrogen and oxygen atoms in total. The Bertz CT molecular complexity index is 715. The van der Waals surface area contributed by atoms with E-state index in [4.69, 9.17) is 20.8 Å². The summed E-state index contributed by atoms with van der Waals surface area (Å²) >= 11 is 0. The van der Waals surface area contributed by atoms with Crippen molar-refractivity contribution in [1.29, 1.82) is 0 Å². The number of nitrogens with two attached hydrogens (primary N) is 2. The molecule has 0 spiro atoms. The van der Waals surface area contributed by atoms with E-state index in [1.54, 1.807) is 18.3 Å².